The molecular formula is C22H22N2O7. The van der Waals surface area contributed by atoms with Crippen molar-refractivity contribution in [3.63, 3.8) is 0 Å². The predicted molar refractivity (Wildman–Crippen MR) is 110 cm³/mol. The number of esters is 1. The molecule has 0 N–H and O–H groups in total. The average molecular weight is 426 g/mol. The molecule has 0 amide bonds. The van der Waals surface area contributed by atoms with Gasteiger partial charge < -0.3 is 23.0 Å². The largest absolute Gasteiger partial charge is 0.493 e. The molecule has 0 unspecified atom stereocenters. The maximum atomic E-state index is 12.6. The maximum absolute atomic E-state index is 12.6. The van der Waals surface area contributed by atoms with E-state index in [0.717, 1.165) is 5.56 Å². The number of aromatic nitrogens is 2. The van der Waals surface area contributed by atoms with Gasteiger partial charge in [0.15, 0.2) is 23.0 Å². The summed E-state index contributed by atoms with van der Waals surface area (Å²) >= 11 is 0. The summed E-state index contributed by atoms with van der Waals surface area (Å²) in [7, 11) is 4.37. The summed E-state index contributed by atoms with van der Waals surface area (Å²) in [5.41, 5.74) is 1.05. The molecule has 0 saturated carbocycles. The zero-order chi connectivity index (χ0) is 22.5. The van der Waals surface area contributed by atoms with Crippen molar-refractivity contribution in [3.05, 3.63) is 58.5 Å². The topological polar surface area (TPSA) is 114 Å². The van der Waals surface area contributed by atoms with Gasteiger partial charge >= 0.3 is 5.97 Å². The molecule has 0 bridgehead atoms. The number of ether oxygens (including phenoxy) is 3. The van der Waals surface area contributed by atoms with Gasteiger partial charge in [0.1, 0.15) is 17.2 Å². The van der Waals surface area contributed by atoms with Crippen LogP contribution in [0.5, 0.6) is 11.5 Å². The van der Waals surface area contributed by atoms with Crippen molar-refractivity contribution in [3.8, 4) is 11.5 Å². The number of benzene rings is 1. The minimum absolute atomic E-state index is 0.0423. The van der Waals surface area contributed by atoms with Gasteiger partial charge in [0.05, 0.1) is 27.8 Å². The van der Waals surface area contributed by atoms with Crippen LogP contribution in [0.15, 0.2) is 27.0 Å². The van der Waals surface area contributed by atoms with Gasteiger partial charge in [0, 0.05) is 6.08 Å². The number of carbonyl (C=O) groups excluding carboxylic acids is 2. The molecule has 2 aromatic heterocycles. The minimum Gasteiger partial charge on any atom is -0.493 e. The summed E-state index contributed by atoms with van der Waals surface area (Å²) in [5.74, 6) is 1.28. The fraction of sp³-hybridized carbons (Fsp3) is 0.273. The molecule has 0 aliphatic rings. The van der Waals surface area contributed by atoms with Crippen LogP contribution in [0.3, 0.4) is 0 Å². The Bertz CT molecular complexity index is 1140. The van der Waals surface area contributed by atoms with Crippen molar-refractivity contribution in [1.29, 1.82) is 0 Å². The van der Waals surface area contributed by atoms with E-state index in [4.69, 9.17) is 18.3 Å². The maximum Gasteiger partial charge on any atom is 0.360 e. The second-order valence-corrected chi connectivity index (χ2v) is 6.51. The Labute approximate surface area is 178 Å². The van der Waals surface area contributed by atoms with Crippen molar-refractivity contribution >= 4 is 23.9 Å². The molecule has 0 atom stereocenters. The number of carbonyl (C=O) groups is 2. The van der Waals surface area contributed by atoms with E-state index in [-0.39, 0.29) is 41.1 Å². The molecule has 9 heteroatoms. The van der Waals surface area contributed by atoms with Gasteiger partial charge in [-0.05, 0) is 37.6 Å². The van der Waals surface area contributed by atoms with E-state index in [9.17, 15) is 9.59 Å². The number of methoxy groups -OCH3 is 3. The lowest BCUT2D eigenvalue weighted by Crippen LogP contribution is -2.07. The molecule has 3 aromatic rings. The third kappa shape index (κ3) is 4.82. The van der Waals surface area contributed by atoms with Gasteiger partial charge in [-0.1, -0.05) is 6.07 Å². The van der Waals surface area contributed by atoms with E-state index in [1.165, 1.54) is 7.11 Å². The molecular weight excluding hydrogens is 404 g/mol. The number of aryl methyl sites for hydroxylation is 2. The highest BCUT2D eigenvalue weighted by Crippen LogP contribution is 2.28. The first-order chi connectivity index (χ1) is 14.9. The van der Waals surface area contributed by atoms with Gasteiger partial charge in [-0.3, -0.25) is 4.79 Å². The molecule has 1 aromatic carbocycles. The van der Waals surface area contributed by atoms with Gasteiger partial charge in [0.2, 0.25) is 11.8 Å². The molecule has 0 fully saturated rings. The van der Waals surface area contributed by atoms with Gasteiger partial charge in [-0.2, -0.15) is 0 Å². The molecule has 0 radical (unpaired) electrons. The summed E-state index contributed by atoms with van der Waals surface area (Å²) < 4.78 is 26.1. The van der Waals surface area contributed by atoms with E-state index in [1.54, 1.807) is 52.4 Å². The van der Waals surface area contributed by atoms with Crippen LogP contribution < -0.4 is 9.47 Å². The number of ketones is 1. The predicted octanol–water partition coefficient (Wildman–Crippen LogP) is 3.68. The van der Waals surface area contributed by atoms with Gasteiger partial charge in [-0.25, -0.2) is 14.8 Å². The monoisotopic (exact) mass is 426 g/mol. The fourth-order valence-corrected chi connectivity index (χ4v) is 2.90. The van der Waals surface area contributed by atoms with Crippen LogP contribution in [0, 0.1) is 13.8 Å². The third-order valence-corrected chi connectivity index (χ3v) is 4.43. The van der Waals surface area contributed by atoms with Crippen LogP contribution in [0.4, 0.5) is 0 Å². The van der Waals surface area contributed by atoms with Crippen LogP contribution in [-0.4, -0.2) is 43.0 Å². The average Bonchev–Trinajstić information content (AvgIpc) is 3.33. The van der Waals surface area contributed by atoms with Crippen molar-refractivity contribution in [1.82, 2.24) is 9.97 Å². The molecule has 162 valence electrons. The first-order valence-electron chi connectivity index (χ1n) is 9.31. The van der Waals surface area contributed by atoms with Crippen LogP contribution in [0.2, 0.25) is 0 Å². The number of hydrogen-bond acceptors (Lipinski definition) is 9. The van der Waals surface area contributed by atoms with Crippen LogP contribution in [0.25, 0.3) is 12.2 Å². The fourth-order valence-electron chi connectivity index (χ4n) is 2.90. The lowest BCUT2D eigenvalue weighted by atomic mass is 10.2. The Morgan fingerprint density at radius 1 is 0.935 bits per heavy atom. The first kappa shape index (κ1) is 21.8. The van der Waals surface area contributed by atoms with Crippen LogP contribution in [0.1, 0.15) is 49.8 Å². The second-order valence-electron chi connectivity index (χ2n) is 6.51. The highest BCUT2D eigenvalue weighted by atomic mass is 16.5. The molecule has 0 aliphatic heterocycles. The van der Waals surface area contributed by atoms with E-state index in [0.29, 0.717) is 17.3 Å². The molecule has 0 spiro atoms. The normalized spacial score (nSPS) is 11.0. The molecule has 9 nitrogen and oxygen atoms in total. The number of nitrogens with zero attached hydrogens (tertiary/aromatic N) is 2. The quantitative estimate of drug-likeness (QED) is 0.393. The first-order valence-corrected chi connectivity index (χ1v) is 9.31. The Kier molecular flexibility index (Phi) is 6.54. The highest BCUT2D eigenvalue weighted by molar-refractivity contribution is 5.96. The summed E-state index contributed by atoms with van der Waals surface area (Å²) in [6.45, 7) is 3.22. The Hall–Kier alpha value is -3.88. The van der Waals surface area contributed by atoms with Crippen molar-refractivity contribution < 1.29 is 32.6 Å². The van der Waals surface area contributed by atoms with Crippen LogP contribution >= 0.6 is 0 Å². The Morgan fingerprint density at radius 2 is 1.65 bits per heavy atom. The summed E-state index contributed by atoms with van der Waals surface area (Å²) in [6, 6.07) is 5.44. The molecule has 31 heavy (non-hydrogen) atoms. The van der Waals surface area contributed by atoms with Crippen molar-refractivity contribution in [2.45, 2.75) is 20.3 Å². The van der Waals surface area contributed by atoms with Gasteiger partial charge in [0.25, 0.3) is 0 Å². The summed E-state index contributed by atoms with van der Waals surface area (Å²) in [5, 5.41) is 0. The van der Waals surface area contributed by atoms with Crippen molar-refractivity contribution in [2.75, 3.05) is 21.3 Å². The van der Waals surface area contributed by atoms with Gasteiger partial charge in [-0.15, -0.1) is 0 Å². The van der Waals surface area contributed by atoms with Crippen LogP contribution in [-0.2, 0) is 11.2 Å². The van der Waals surface area contributed by atoms with E-state index in [2.05, 4.69) is 14.7 Å². The third-order valence-electron chi connectivity index (χ3n) is 4.43. The summed E-state index contributed by atoms with van der Waals surface area (Å²) in [4.78, 5) is 32.6. The minimum atomic E-state index is -0.625. The number of rotatable bonds is 8. The Morgan fingerprint density at radius 3 is 2.32 bits per heavy atom. The number of Topliss-reactive ketones (excluding diaryl/α,β-unsaturated/α-hetero) is 1. The molecule has 0 saturated heterocycles. The SMILES string of the molecule is COC(=O)c1nc(CC(=O)c2nc(/C=C/c3ccc(OC)c(OC)c3)oc2C)oc1C. The summed E-state index contributed by atoms with van der Waals surface area (Å²) in [6.07, 6.45) is 3.27. The Balaban J connectivity index is 1.75. The number of oxazole rings is 2. The highest BCUT2D eigenvalue weighted by Gasteiger charge is 2.22. The lowest BCUT2D eigenvalue weighted by Gasteiger charge is -2.07. The second kappa shape index (κ2) is 9.29. The zero-order valence-corrected chi connectivity index (χ0v) is 17.8. The standard InChI is InChI=1S/C22H22N2O7/c1-12-20(15(25)11-19-24-21(13(2)31-19)22(26)29-5)23-18(30-12)9-7-14-6-8-16(27-3)17(10-14)28-4/h6-10H,11H2,1-5H3/b9-7+. The van der Waals surface area contributed by atoms with Crippen molar-refractivity contribution in [2.24, 2.45) is 0 Å². The van der Waals surface area contributed by atoms with E-state index < -0.39 is 5.97 Å². The molecule has 2 heterocycles. The zero-order valence-electron chi connectivity index (χ0n) is 17.8. The molecule has 3 rings (SSSR count). The smallest absolute Gasteiger partial charge is 0.360 e. The molecule has 0 aliphatic carbocycles. The van der Waals surface area contributed by atoms with E-state index in [1.807, 2.05) is 6.07 Å². The van der Waals surface area contributed by atoms with E-state index >= 15 is 0 Å². The lowest BCUT2D eigenvalue weighted by molar-refractivity contribution is 0.0592. The number of hydrogen-bond donors (Lipinski definition) is 0.